The van der Waals surface area contributed by atoms with Crippen molar-refractivity contribution in [2.75, 3.05) is 13.7 Å². The van der Waals surface area contributed by atoms with E-state index < -0.39 is 15.9 Å². The third-order valence-corrected chi connectivity index (χ3v) is 4.43. The summed E-state index contributed by atoms with van der Waals surface area (Å²) in [6, 6.07) is 6.69. The first kappa shape index (κ1) is 18.6. The molecule has 22 heavy (non-hydrogen) atoms. The molecule has 1 aromatic rings. The summed E-state index contributed by atoms with van der Waals surface area (Å²) in [7, 11) is -2.32. The SMILES string of the molecule is CCCCCCc1ccc(S(=O)(=O)NOCC(=O)NC)cc1. The van der Waals surface area contributed by atoms with Crippen molar-refractivity contribution in [3.05, 3.63) is 29.8 Å². The van der Waals surface area contributed by atoms with E-state index in [1.807, 2.05) is 4.89 Å². The van der Waals surface area contributed by atoms with Gasteiger partial charge in [0.1, 0.15) is 6.61 Å². The average Bonchev–Trinajstić information content (AvgIpc) is 2.51. The first-order chi connectivity index (χ1) is 10.5. The van der Waals surface area contributed by atoms with Gasteiger partial charge in [-0.15, -0.1) is 0 Å². The summed E-state index contributed by atoms with van der Waals surface area (Å²) in [5, 5.41) is 2.33. The Morgan fingerprint density at radius 3 is 2.41 bits per heavy atom. The van der Waals surface area contributed by atoms with Crippen molar-refractivity contribution in [3.8, 4) is 0 Å². The molecule has 0 heterocycles. The molecule has 6 nitrogen and oxygen atoms in total. The number of nitrogens with one attached hydrogen (secondary N) is 2. The van der Waals surface area contributed by atoms with Crippen molar-refractivity contribution in [2.45, 2.75) is 43.9 Å². The maximum atomic E-state index is 11.9. The molecular formula is C15H24N2O4S. The Morgan fingerprint density at radius 1 is 1.14 bits per heavy atom. The van der Waals surface area contributed by atoms with Crippen molar-refractivity contribution in [2.24, 2.45) is 0 Å². The molecule has 0 fully saturated rings. The molecule has 0 atom stereocenters. The smallest absolute Gasteiger partial charge is 0.262 e. The van der Waals surface area contributed by atoms with E-state index in [9.17, 15) is 13.2 Å². The van der Waals surface area contributed by atoms with E-state index in [2.05, 4.69) is 17.1 Å². The number of sulfonamides is 1. The Balaban J connectivity index is 2.51. The molecule has 0 saturated heterocycles. The van der Waals surface area contributed by atoms with Crippen LogP contribution in [0.5, 0.6) is 0 Å². The molecule has 0 aromatic heterocycles. The Hall–Kier alpha value is -1.44. The molecular weight excluding hydrogens is 304 g/mol. The summed E-state index contributed by atoms with van der Waals surface area (Å²) in [5.41, 5.74) is 1.11. The minimum atomic E-state index is -3.76. The highest BCUT2D eigenvalue weighted by molar-refractivity contribution is 7.89. The first-order valence-corrected chi connectivity index (χ1v) is 8.91. The lowest BCUT2D eigenvalue weighted by atomic mass is 10.1. The van der Waals surface area contributed by atoms with E-state index in [1.54, 1.807) is 24.3 Å². The number of likely N-dealkylation sites (N-methyl/N-ethyl adjacent to an activating group) is 1. The van der Waals surface area contributed by atoms with Crippen LogP contribution in [-0.4, -0.2) is 28.0 Å². The maximum absolute atomic E-state index is 11.9. The number of benzene rings is 1. The number of rotatable bonds is 10. The van der Waals surface area contributed by atoms with E-state index in [1.165, 1.54) is 26.3 Å². The van der Waals surface area contributed by atoms with Crippen molar-refractivity contribution >= 4 is 15.9 Å². The highest BCUT2D eigenvalue weighted by Crippen LogP contribution is 2.13. The van der Waals surface area contributed by atoms with Gasteiger partial charge in [-0.3, -0.25) is 9.63 Å². The molecule has 1 amide bonds. The second kappa shape index (κ2) is 9.55. The molecule has 0 saturated carbocycles. The van der Waals surface area contributed by atoms with Crippen LogP contribution in [0.3, 0.4) is 0 Å². The van der Waals surface area contributed by atoms with Crippen LogP contribution in [0.4, 0.5) is 0 Å². The number of carbonyl (C=O) groups excluding carboxylic acids is 1. The van der Waals surface area contributed by atoms with Crippen molar-refractivity contribution in [3.63, 3.8) is 0 Å². The van der Waals surface area contributed by atoms with Gasteiger partial charge >= 0.3 is 0 Å². The van der Waals surface area contributed by atoms with E-state index in [0.717, 1.165) is 18.4 Å². The van der Waals surface area contributed by atoms with Crippen LogP contribution < -0.4 is 10.2 Å². The molecule has 7 heteroatoms. The zero-order valence-electron chi connectivity index (χ0n) is 13.1. The fourth-order valence-electron chi connectivity index (χ4n) is 1.88. The monoisotopic (exact) mass is 328 g/mol. The van der Waals surface area contributed by atoms with Gasteiger partial charge in [0, 0.05) is 7.05 Å². The fraction of sp³-hybridized carbons (Fsp3) is 0.533. The van der Waals surface area contributed by atoms with Gasteiger partial charge in [0.15, 0.2) is 0 Å². The molecule has 0 aliphatic rings. The molecule has 124 valence electrons. The molecule has 0 radical (unpaired) electrons. The van der Waals surface area contributed by atoms with Gasteiger partial charge in [0.25, 0.3) is 10.0 Å². The maximum Gasteiger partial charge on any atom is 0.262 e. The summed E-state index contributed by atoms with van der Waals surface area (Å²) in [5.74, 6) is -0.412. The van der Waals surface area contributed by atoms with Crippen LogP contribution in [0.15, 0.2) is 29.2 Å². The minimum Gasteiger partial charge on any atom is -0.357 e. The fourth-order valence-corrected chi connectivity index (χ4v) is 2.69. The highest BCUT2D eigenvalue weighted by atomic mass is 32.2. The van der Waals surface area contributed by atoms with E-state index >= 15 is 0 Å². The molecule has 0 aliphatic carbocycles. The van der Waals surface area contributed by atoms with E-state index in [0.29, 0.717) is 0 Å². The normalized spacial score (nSPS) is 11.4. The van der Waals surface area contributed by atoms with Crippen LogP contribution >= 0.6 is 0 Å². The lowest BCUT2D eigenvalue weighted by Gasteiger charge is -2.07. The Bertz CT molecular complexity index is 555. The summed E-state index contributed by atoms with van der Waals surface area (Å²) < 4.78 is 23.9. The number of hydrogen-bond donors (Lipinski definition) is 2. The Morgan fingerprint density at radius 2 is 1.82 bits per heavy atom. The predicted molar refractivity (Wildman–Crippen MR) is 84.6 cm³/mol. The topological polar surface area (TPSA) is 84.5 Å². The molecule has 0 unspecified atom stereocenters. The molecule has 0 aliphatic heterocycles. The molecule has 1 rings (SSSR count). The van der Waals surface area contributed by atoms with Gasteiger partial charge in [-0.1, -0.05) is 43.2 Å². The number of unbranched alkanes of at least 4 members (excludes halogenated alkanes) is 3. The quantitative estimate of drug-likeness (QED) is 0.506. The van der Waals surface area contributed by atoms with Gasteiger partial charge in [-0.2, -0.15) is 0 Å². The average molecular weight is 328 g/mol. The van der Waals surface area contributed by atoms with Gasteiger partial charge in [-0.05, 0) is 30.5 Å². The van der Waals surface area contributed by atoms with Crippen molar-refractivity contribution in [1.29, 1.82) is 0 Å². The second-order valence-corrected chi connectivity index (χ2v) is 6.65. The molecule has 0 bridgehead atoms. The number of amides is 1. The Labute approximate surface area is 132 Å². The van der Waals surface area contributed by atoms with Crippen LogP contribution in [0.1, 0.15) is 38.2 Å². The lowest BCUT2D eigenvalue weighted by Crippen LogP contribution is -2.31. The van der Waals surface area contributed by atoms with Crippen LogP contribution in [0.25, 0.3) is 0 Å². The van der Waals surface area contributed by atoms with E-state index in [-0.39, 0.29) is 11.5 Å². The largest absolute Gasteiger partial charge is 0.357 e. The van der Waals surface area contributed by atoms with Crippen molar-refractivity contribution in [1.82, 2.24) is 10.2 Å². The summed E-state index contributed by atoms with van der Waals surface area (Å²) >= 11 is 0. The minimum absolute atomic E-state index is 0.113. The summed E-state index contributed by atoms with van der Waals surface area (Å²) in [6.07, 6.45) is 5.65. The van der Waals surface area contributed by atoms with Crippen LogP contribution in [0, 0.1) is 0 Å². The standard InChI is InChI=1S/C15H24N2O4S/c1-3-4-5-6-7-13-8-10-14(11-9-13)22(19,20)17-21-12-15(18)16-2/h8-11,17H,3-7,12H2,1-2H3,(H,16,18). The van der Waals surface area contributed by atoms with Gasteiger partial charge in [0.05, 0.1) is 4.90 Å². The third-order valence-electron chi connectivity index (χ3n) is 3.20. The predicted octanol–water partition coefficient (Wildman–Crippen LogP) is 1.77. The lowest BCUT2D eigenvalue weighted by molar-refractivity contribution is -0.126. The molecule has 0 spiro atoms. The summed E-state index contributed by atoms with van der Waals surface area (Å²) in [4.78, 5) is 17.7. The zero-order valence-corrected chi connectivity index (χ0v) is 13.9. The van der Waals surface area contributed by atoms with Crippen molar-refractivity contribution < 1.29 is 18.0 Å². The van der Waals surface area contributed by atoms with Crippen LogP contribution in [0.2, 0.25) is 0 Å². The zero-order chi connectivity index (χ0) is 16.4. The Kier molecular flexibility index (Phi) is 8.08. The number of aryl methyl sites for hydroxylation is 1. The highest BCUT2D eigenvalue weighted by Gasteiger charge is 2.14. The summed E-state index contributed by atoms with van der Waals surface area (Å²) in [6.45, 7) is 1.80. The number of hydrogen-bond acceptors (Lipinski definition) is 4. The molecule has 2 N–H and O–H groups in total. The van der Waals surface area contributed by atoms with Crippen LogP contribution in [-0.2, 0) is 26.1 Å². The third kappa shape index (κ3) is 6.55. The first-order valence-electron chi connectivity index (χ1n) is 7.42. The number of carbonyl (C=O) groups is 1. The van der Waals surface area contributed by atoms with Gasteiger partial charge in [-0.25, -0.2) is 8.42 Å². The van der Waals surface area contributed by atoms with Gasteiger partial charge in [0.2, 0.25) is 5.91 Å². The van der Waals surface area contributed by atoms with E-state index in [4.69, 9.17) is 0 Å². The van der Waals surface area contributed by atoms with Gasteiger partial charge < -0.3 is 5.32 Å². The second-order valence-electron chi connectivity index (χ2n) is 5.00. The molecule has 1 aromatic carbocycles.